The Bertz CT molecular complexity index is 1600. The maximum atomic E-state index is 13.6. The second kappa shape index (κ2) is 22.2. The number of carboxylic acids is 1. The Morgan fingerprint density at radius 2 is 1.28 bits per heavy atom. The van der Waals surface area contributed by atoms with Crippen LogP contribution in [0.15, 0.2) is 66.7 Å². The lowest BCUT2D eigenvalue weighted by Crippen LogP contribution is -2.33. The topological polar surface area (TPSA) is 135 Å². The number of benzene rings is 3. The zero-order valence-corrected chi connectivity index (χ0v) is 30.1. The minimum absolute atomic E-state index is 0.0660. The van der Waals surface area contributed by atoms with Crippen LogP contribution in [-0.2, 0) is 14.3 Å². The first-order valence-corrected chi connectivity index (χ1v) is 17.9. The standard InChI is InChI=1S/C40H47F3O10/c1-3-5-6-7-8-9-12-15-36(44)50-30-20-22-31(23-21-30)51-39(48)52-32-24-25-33(37(45)46)34(27-32)28-16-18-29(19-17-28)38(47)53-35(40(41,42)43)14-11-10-13-26-49-4-2/h16-25,27,35H,3-15,26H2,1-2H3,(H,45,46)/t35-/m1/s1. The molecule has 0 fully saturated rings. The molecule has 0 aromatic heterocycles. The van der Waals surface area contributed by atoms with Gasteiger partial charge in [-0.25, -0.2) is 14.4 Å². The van der Waals surface area contributed by atoms with Crippen LogP contribution in [0, 0.1) is 0 Å². The van der Waals surface area contributed by atoms with Crippen LogP contribution in [0.2, 0.25) is 0 Å². The number of aromatic carboxylic acids is 1. The van der Waals surface area contributed by atoms with Crippen LogP contribution < -0.4 is 14.2 Å². The monoisotopic (exact) mass is 744 g/mol. The third kappa shape index (κ3) is 15.3. The van der Waals surface area contributed by atoms with E-state index < -0.39 is 36.8 Å². The van der Waals surface area contributed by atoms with E-state index in [9.17, 15) is 37.5 Å². The predicted octanol–water partition coefficient (Wildman–Crippen LogP) is 10.4. The summed E-state index contributed by atoms with van der Waals surface area (Å²) in [5, 5.41) is 9.76. The van der Waals surface area contributed by atoms with Gasteiger partial charge in [0.05, 0.1) is 11.1 Å². The van der Waals surface area contributed by atoms with Crippen LogP contribution in [0.3, 0.4) is 0 Å². The molecule has 0 aliphatic carbocycles. The fraction of sp³-hybridized carbons (Fsp3) is 0.450. The molecule has 0 aliphatic rings. The van der Waals surface area contributed by atoms with Gasteiger partial charge in [-0.15, -0.1) is 0 Å². The van der Waals surface area contributed by atoms with E-state index in [1.165, 1.54) is 86.0 Å². The Hall–Kier alpha value is -4.91. The predicted molar refractivity (Wildman–Crippen MR) is 190 cm³/mol. The number of esters is 2. The summed E-state index contributed by atoms with van der Waals surface area (Å²) in [6.45, 7) is 4.95. The van der Waals surface area contributed by atoms with E-state index in [2.05, 4.69) is 6.92 Å². The fourth-order valence-electron chi connectivity index (χ4n) is 5.34. The molecule has 13 heteroatoms. The maximum Gasteiger partial charge on any atom is 0.519 e. The highest BCUT2D eigenvalue weighted by Crippen LogP contribution is 2.31. The van der Waals surface area contributed by atoms with Crippen LogP contribution in [0.5, 0.6) is 17.2 Å². The molecular weight excluding hydrogens is 697 g/mol. The minimum atomic E-state index is -4.75. The largest absolute Gasteiger partial charge is 0.519 e. The van der Waals surface area contributed by atoms with Crippen LogP contribution in [-0.4, -0.2) is 54.7 Å². The number of hydrogen-bond donors (Lipinski definition) is 1. The number of ether oxygens (including phenoxy) is 5. The Labute approximate surface area is 307 Å². The van der Waals surface area contributed by atoms with Gasteiger partial charge in [-0.1, -0.05) is 64.0 Å². The van der Waals surface area contributed by atoms with E-state index in [1.807, 2.05) is 6.92 Å². The van der Waals surface area contributed by atoms with Crippen molar-refractivity contribution in [2.75, 3.05) is 13.2 Å². The number of hydrogen-bond acceptors (Lipinski definition) is 9. The van der Waals surface area contributed by atoms with Gasteiger partial charge in [-0.2, -0.15) is 13.2 Å². The molecule has 3 aromatic carbocycles. The number of carboxylic acid groups (broad SMARTS) is 1. The zero-order valence-electron chi connectivity index (χ0n) is 30.1. The minimum Gasteiger partial charge on any atom is -0.478 e. The van der Waals surface area contributed by atoms with Gasteiger partial charge in [0.1, 0.15) is 17.2 Å². The number of unbranched alkanes of at least 4 members (excludes halogenated alkanes) is 8. The lowest BCUT2D eigenvalue weighted by atomic mass is 9.98. The van der Waals surface area contributed by atoms with Crippen molar-refractivity contribution in [1.82, 2.24) is 0 Å². The van der Waals surface area contributed by atoms with Gasteiger partial charge >= 0.3 is 30.2 Å². The Balaban J connectivity index is 1.58. The summed E-state index contributed by atoms with van der Waals surface area (Å²) in [7, 11) is 0. The van der Waals surface area contributed by atoms with Crippen molar-refractivity contribution >= 4 is 24.1 Å². The van der Waals surface area contributed by atoms with Crippen LogP contribution >= 0.6 is 0 Å². The summed E-state index contributed by atoms with van der Waals surface area (Å²) in [5.41, 5.74) is 0.0444. The normalized spacial score (nSPS) is 11.8. The van der Waals surface area contributed by atoms with Gasteiger partial charge in [0.2, 0.25) is 0 Å². The van der Waals surface area contributed by atoms with Gasteiger partial charge in [0.25, 0.3) is 0 Å². The molecule has 0 spiro atoms. The first-order valence-electron chi connectivity index (χ1n) is 17.9. The molecule has 0 unspecified atom stereocenters. The quantitative estimate of drug-likeness (QED) is 0.0458. The average Bonchev–Trinajstić information content (AvgIpc) is 3.12. The molecular formula is C40H47F3O10. The smallest absolute Gasteiger partial charge is 0.478 e. The summed E-state index contributed by atoms with van der Waals surface area (Å²) in [4.78, 5) is 49.3. The molecule has 3 rings (SSSR count). The SMILES string of the molecule is CCCCCCCCCC(=O)Oc1ccc(OC(=O)Oc2ccc(C(=O)O)c(-c3ccc(C(=O)O[C@H](CCCCCOCC)C(F)(F)F)cc3)c2)cc1. The summed E-state index contributed by atoms with van der Waals surface area (Å²) in [5.74, 6) is -2.51. The average molecular weight is 745 g/mol. The molecule has 0 bridgehead atoms. The van der Waals surface area contributed by atoms with Gasteiger partial charge in [-0.3, -0.25) is 4.79 Å². The molecule has 0 amide bonds. The van der Waals surface area contributed by atoms with Crippen LogP contribution in [0.1, 0.15) is 112 Å². The molecule has 3 aromatic rings. The molecule has 0 radical (unpaired) electrons. The van der Waals surface area contributed by atoms with Gasteiger partial charge < -0.3 is 28.8 Å². The van der Waals surface area contributed by atoms with E-state index in [4.69, 9.17) is 23.7 Å². The first-order chi connectivity index (χ1) is 25.4. The lowest BCUT2D eigenvalue weighted by Gasteiger charge is -2.21. The molecule has 1 atom stereocenters. The number of carbonyl (C=O) groups excluding carboxylic acids is 3. The molecule has 53 heavy (non-hydrogen) atoms. The van der Waals surface area contributed by atoms with E-state index >= 15 is 0 Å². The van der Waals surface area contributed by atoms with Crippen molar-refractivity contribution in [2.45, 2.75) is 103 Å². The third-order valence-corrected chi connectivity index (χ3v) is 8.17. The Morgan fingerprint density at radius 1 is 0.698 bits per heavy atom. The third-order valence-electron chi connectivity index (χ3n) is 8.17. The first kappa shape index (κ1) is 42.5. The molecule has 0 saturated carbocycles. The van der Waals surface area contributed by atoms with Crippen molar-refractivity contribution < 1.29 is 61.1 Å². The number of carbonyl (C=O) groups is 4. The van der Waals surface area contributed by atoms with Crippen molar-refractivity contribution in [3.05, 3.63) is 77.9 Å². The van der Waals surface area contributed by atoms with E-state index in [0.717, 1.165) is 25.7 Å². The Kier molecular flexibility index (Phi) is 17.8. The summed E-state index contributed by atoms with van der Waals surface area (Å²) in [6, 6.07) is 14.7. The number of alkyl halides is 3. The van der Waals surface area contributed by atoms with E-state index in [-0.39, 0.29) is 51.9 Å². The lowest BCUT2D eigenvalue weighted by molar-refractivity contribution is -0.206. The van der Waals surface area contributed by atoms with E-state index in [0.29, 0.717) is 32.5 Å². The second-order valence-electron chi connectivity index (χ2n) is 12.3. The van der Waals surface area contributed by atoms with Crippen molar-refractivity contribution in [3.8, 4) is 28.4 Å². The van der Waals surface area contributed by atoms with Gasteiger partial charge in [0.15, 0.2) is 6.10 Å². The van der Waals surface area contributed by atoms with E-state index in [1.54, 1.807) is 0 Å². The number of rotatable bonds is 22. The van der Waals surface area contributed by atoms with Crippen molar-refractivity contribution in [2.24, 2.45) is 0 Å². The summed E-state index contributed by atoms with van der Waals surface area (Å²) in [6.07, 6.45) is 0.561. The molecule has 0 aliphatic heterocycles. The molecule has 288 valence electrons. The maximum absolute atomic E-state index is 13.6. The molecule has 0 heterocycles. The number of halogens is 3. The fourth-order valence-corrected chi connectivity index (χ4v) is 5.34. The van der Waals surface area contributed by atoms with Crippen LogP contribution in [0.4, 0.5) is 18.0 Å². The highest BCUT2D eigenvalue weighted by atomic mass is 19.4. The molecule has 0 saturated heterocycles. The molecule has 10 nitrogen and oxygen atoms in total. The van der Waals surface area contributed by atoms with Gasteiger partial charge in [0, 0.05) is 19.6 Å². The highest BCUT2D eigenvalue weighted by Gasteiger charge is 2.42. The zero-order chi connectivity index (χ0) is 38.6. The summed E-state index contributed by atoms with van der Waals surface area (Å²) >= 11 is 0. The summed E-state index contributed by atoms with van der Waals surface area (Å²) < 4.78 is 66.6. The van der Waals surface area contributed by atoms with Crippen LogP contribution in [0.25, 0.3) is 11.1 Å². The molecule has 1 N–H and O–H groups in total. The Morgan fingerprint density at radius 3 is 1.91 bits per heavy atom. The van der Waals surface area contributed by atoms with Crippen molar-refractivity contribution in [1.29, 1.82) is 0 Å². The highest BCUT2D eigenvalue weighted by molar-refractivity contribution is 5.97. The van der Waals surface area contributed by atoms with Gasteiger partial charge in [-0.05, 0) is 98.3 Å². The second-order valence-corrected chi connectivity index (χ2v) is 12.3. The van der Waals surface area contributed by atoms with Crippen molar-refractivity contribution in [3.63, 3.8) is 0 Å².